The van der Waals surface area contributed by atoms with E-state index in [0.717, 1.165) is 43.2 Å². The van der Waals surface area contributed by atoms with Gasteiger partial charge in [-0.1, -0.05) is 18.5 Å². The van der Waals surface area contributed by atoms with Crippen LogP contribution in [0, 0.1) is 12.8 Å². The number of hydrogen-bond donors (Lipinski definition) is 1. The molecule has 0 radical (unpaired) electrons. The summed E-state index contributed by atoms with van der Waals surface area (Å²) < 4.78 is 5.51. The third-order valence-electron chi connectivity index (χ3n) is 4.53. The second kappa shape index (κ2) is 8.36. The van der Waals surface area contributed by atoms with Gasteiger partial charge in [-0.25, -0.2) is 9.97 Å². The maximum Gasteiger partial charge on any atom is 0.263 e. The molecule has 138 valence electrons. The zero-order valence-corrected chi connectivity index (χ0v) is 15.8. The van der Waals surface area contributed by atoms with Crippen LogP contribution in [0.25, 0.3) is 0 Å². The van der Waals surface area contributed by atoms with E-state index in [-0.39, 0.29) is 12.5 Å². The van der Waals surface area contributed by atoms with E-state index in [1.165, 1.54) is 6.33 Å². The maximum atomic E-state index is 12.1. The summed E-state index contributed by atoms with van der Waals surface area (Å²) in [7, 11) is 0. The first-order valence-corrected chi connectivity index (χ1v) is 9.15. The predicted octanol–water partition coefficient (Wildman–Crippen LogP) is 3.69. The van der Waals surface area contributed by atoms with Gasteiger partial charge in [0, 0.05) is 24.2 Å². The van der Waals surface area contributed by atoms with Gasteiger partial charge in [0.15, 0.2) is 6.61 Å². The van der Waals surface area contributed by atoms with Crippen LogP contribution in [0.4, 0.5) is 11.6 Å². The molecule has 1 aromatic heterocycles. The van der Waals surface area contributed by atoms with Crippen molar-refractivity contribution in [1.29, 1.82) is 0 Å². The van der Waals surface area contributed by atoms with Crippen molar-refractivity contribution in [3.05, 3.63) is 41.2 Å². The number of hydrogen-bond acceptors (Lipinski definition) is 5. The molecule has 1 saturated heterocycles. The molecule has 2 aromatic rings. The summed E-state index contributed by atoms with van der Waals surface area (Å²) >= 11 is 5.98. The number of aryl methyl sites for hydroxylation is 1. The fourth-order valence-electron chi connectivity index (χ4n) is 2.86. The predicted molar refractivity (Wildman–Crippen MR) is 103 cm³/mol. The lowest BCUT2D eigenvalue weighted by molar-refractivity contribution is -0.118. The first kappa shape index (κ1) is 18.5. The van der Waals surface area contributed by atoms with E-state index in [1.807, 2.05) is 6.92 Å². The van der Waals surface area contributed by atoms with Crippen LogP contribution in [-0.4, -0.2) is 35.6 Å². The summed E-state index contributed by atoms with van der Waals surface area (Å²) in [6, 6.07) is 7.10. The molecule has 0 saturated carbocycles. The van der Waals surface area contributed by atoms with Crippen molar-refractivity contribution in [2.75, 3.05) is 29.9 Å². The highest BCUT2D eigenvalue weighted by Gasteiger charge is 2.17. The summed E-state index contributed by atoms with van der Waals surface area (Å²) in [4.78, 5) is 22.8. The molecule has 3 rings (SSSR count). The van der Waals surface area contributed by atoms with Crippen molar-refractivity contribution in [3.63, 3.8) is 0 Å². The number of nitrogens with one attached hydrogen (secondary N) is 1. The van der Waals surface area contributed by atoms with Crippen LogP contribution < -0.4 is 15.0 Å². The van der Waals surface area contributed by atoms with Gasteiger partial charge in [-0.3, -0.25) is 4.79 Å². The molecular formula is C19H23ClN4O2. The molecule has 0 aliphatic carbocycles. The molecule has 0 unspecified atom stereocenters. The van der Waals surface area contributed by atoms with Gasteiger partial charge < -0.3 is 15.0 Å². The molecule has 7 heteroatoms. The second-order valence-electron chi connectivity index (χ2n) is 6.68. The van der Waals surface area contributed by atoms with Crippen LogP contribution >= 0.6 is 11.6 Å². The van der Waals surface area contributed by atoms with Crippen LogP contribution in [0.1, 0.15) is 25.3 Å². The Balaban J connectivity index is 1.55. The Morgan fingerprint density at radius 1 is 1.31 bits per heavy atom. The van der Waals surface area contributed by atoms with E-state index in [9.17, 15) is 4.79 Å². The lowest BCUT2D eigenvalue weighted by atomic mass is 9.99. The average molecular weight is 375 g/mol. The molecular weight excluding hydrogens is 352 g/mol. The number of nitrogens with zero attached hydrogens (tertiary/aromatic N) is 3. The number of halogens is 1. The first-order chi connectivity index (χ1) is 12.5. The largest absolute Gasteiger partial charge is 0.484 e. The standard InChI is InChI=1S/C19H23ClN4O2/c1-13-5-7-24(8-6-13)18-10-17(21-12-22-18)23-19(25)11-26-15-3-4-16(20)14(2)9-15/h3-4,9-10,12-13H,5-8,11H2,1-2H3,(H,21,22,23,25). The smallest absolute Gasteiger partial charge is 0.263 e. The van der Waals surface area contributed by atoms with E-state index in [1.54, 1.807) is 24.3 Å². The molecule has 1 fully saturated rings. The SMILES string of the molecule is Cc1cc(OCC(=O)Nc2cc(N3CCC(C)CC3)ncn2)ccc1Cl. The average Bonchev–Trinajstić information content (AvgIpc) is 2.63. The van der Waals surface area contributed by atoms with E-state index in [2.05, 4.69) is 27.1 Å². The van der Waals surface area contributed by atoms with Crippen LogP contribution in [-0.2, 0) is 4.79 Å². The topological polar surface area (TPSA) is 67.3 Å². The fourth-order valence-corrected chi connectivity index (χ4v) is 2.98. The summed E-state index contributed by atoms with van der Waals surface area (Å²) in [6.45, 7) is 6.01. The van der Waals surface area contributed by atoms with Crippen LogP contribution in [0.5, 0.6) is 5.75 Å². The minimum absolute atomic E-state index is 0.0956. The number of benzene rings is 1. The van der Waals surface area contributed by atoms with Crippen LogP contribution in [0.3, 0.4) is 0 Å². The molecule has 0 bridgehead atoms. The van der Waals surface area contributed by atoms with Gasteiger partial charge in [0.25, 0.3) is 5.91 Å². The maximum absolute atomic E-state index is 12.1. The van der Waals surface area contributed by atoms with Gasteiger partial charge in [0.05, 0.1) is 0 Å². The lowest BCUT2D eigenvalue weighted by Gasteiger charge is -2.31. The Labute approximate surface area is 158 Å². The van der Waals surface area contributed by atoms with Crippen molar-refractivity contribution >= 4 is 29.1 Å². The van der Waals surface area contributed by atoms with E-state index < -0.39 is 0 Å². The van der Waals surface area contributed by atoms with E-state index >= 15 is 0 Å². The highest BCUT2D eigenvalue weighted by atomic mass is 35.5. The number of ether oxygens (including phenoxy) is 1. The highest BCUT2D eigenvalue weighted by molar-refractivity contribution is 6.31. The zero-order chi connectivity index (χ0) is 18.5. The molecule has 0 spiro atoms. The number of amides is 1. The molecule has 0 atom stereocenters. The summed E-state index contributed by atoms with van der Waals surface area (Å²) in [5.41, 5.74) is 0.904. The van der Waals surface area contributed by atoms with Crippen LogP contribution in [0.2, 0.25) is 5.02 Å². The molecule has 1 amide bonds. The number of carbonyl (C=O) groups is 1. The molecule has 2 heterocycles. The quantitative estimate of drug-likeness (QED) is 0.864. The molecule has 26 heavy (non-hydrogen) atoms. The van der Waals surface area contributed by atoms with Crippen molar-refractivity contribution in [2.45, 2.75) is 26.7 Å². The highest BCUT2D eigenvalue weighted by Crippen LogP contribution is 2.23. The van der Waals surface area contributed by atoms with Gasteiger partial charge in [-0.05, 0) is 49.4 Å². The van der Waals surface area contributed by atoms with Gasteiger partial charge in [-0.15, -0.1) is 0 Å². The summed E-state index contributed by atoms with van der Waals surface area (Å²) in [6.07, 6.45) is 3.78. The minimum Gasteiger partial charge on any atom is -0.484 e. The Hall–Kier alpha value is -2.34. The van der Waals surface area contributed by atoms with Crippen LogP contribution in [0.15, 0.2) is 30.6 Å². The second-order valence-corrected chi connectivity index (χ2v) is 7.09. The van der Waals surface area contributed by atoms with Crippen molar-refractivity contribution in [3.8, 4) is 5.75 Å². The Morgan fingerprint density at radius 2 is 2.08 bits per heavy atom. The fraction of sp³-hybridized carbons (Fsp3) is 0.421. The third-order valence-corrected chi connectivity index (χ3v) is 4.95. The number of aromatic nitrogens is 2. The third kappa shape index (κ3) is 4.85. The minimum atomic E-state index is -0.269. The first-order valence-electron chi connectivity index (χ1n) is 8.77. The molecule has 1 aliphatic rings. The summed E-state index contributed by atoms with van der Waals surface area (Å²) in [5, 5.41) is 3.43. The zero-order valence-electron chi connectivity index (χ0n) is 15.0. The molecule has 1 aromatic carbocycles. The van der Waals surface area contributed by atoms with Gasteiger partial charge >= 0.3 is 0 Å². The van der Waals surface area contributed by atoms with Crippen molar-refractivity contribution in [1.82, 2.24) is 9.97 Å². The van der Waals surface area contributed by atoms with Crippen molar-refractivity contribution < 1.29 is 9.53 Å². The Bertz CT molecular complexity index is 776. The lowest BCUT2D eigenvalue weighted by Crippen LogP contribution is -2.33. The molecule has 1 N–H and O–H groups in total. The Morgan fingerprint density at radius 3 is 2.81 bits per heavy atom. The normalized spacial score (nSPS) is 15.0. The van der Waals surface area contributed by atoms with E-state index in [0.29, 0.717) is 16.6 Å². The molecule has 6 nitrogen and oxygen atoms in total. The molecule has 1 aliphatic heterocycles. The van der Waals surface area contributed by atoms with E-state index in [4.69, 9.17) is 16.3 Å². The summed E-state index contributed by atoms with van der Waals surface area (Å²) in [5.74, 6) is 2.41. The number of rotatable bonds is 5. The monoisotopic (exact) mass is 374 g/mol. The number of anilines is 2. The van der Waals surface area contributed by atoms with Gasteiger partial charge in [0.1, 0.15) is 23.7 Å². The Kier molecular flexibility index (Phi) is 5.93. The van der Waals surface area contributed by atoms with Gasteiger partial charge in [0.2, 0.25) is 0 Å². The van der Waals surface area contributed by atoms with Crippen molar-refractivity contribution in [2.24, 2.45) is 5.92 Å². The van der Waals surface area contributed by atoms with Gasteiger partial charge in [-0.2, -0.15) is 0 Å². The number of carbonyl (C=O) groups excluding carboxylic acids is 1. The number of piperidine rings is 1.